The van der Waals surface area contributed by atoms with Gasteiger partial charge >= 0.3 is 6.03 Å². The highest BCUT2D eigenvalue weighted by Crippen LogP contribution is 2.39. The van der Waals surface area contributed by atoms with Crippen LogP contribution in [0.4, 0.5) is 10.5 Å². The predicted octanol–water partition coefficient (Wildman–Crippen LogP) is 3.44. The molecule has 3 aromatic rings. The number of nitrogens with one attached hydrogen (secondary N) is 1. The van der Waals surface area contributed by atoms with Crippen molar-refractivity contribution in [3.63, 3.8) is 0 Å². The number of likely N-dealkylation sites (tertiary alicyclic amines) is 1. The number of carbonyl (C=O) groups excluding carboxylic acids is 3. The van der Waals surface area contributed by atoms with Crippen molar-refractivity contribution in [3.8, 4) is 5.75 Å². The average molecular weight is 561 g/mol. The van der Waals surface area contributed by atoms with Gasteiger partial charge in [0.2, 0.25) is 5.91 Å². The van der Waals surface area contributed by atoms with E-state index in [1.807, 2.05) is 22.8 Å². The van der Waals surface area contributed by atoms with Crippen molar-refractivity contribution in [1.29, 1.82) is 0 Å². The Morgan fingerprint density at radius 2 is 1.75 bits per heavy atom. The number of pyridine rings is 1. The first kappa shape index (κ1) is 26.3. The molecular formula is C30H29ClN4O5. The fraction of sp³-hybridized carbons (Fsp3) is 0.333. The number of urea groups is 1. The summed E-state index contributed by atoms with van der Waals surface area (Å²) in [4.78, 5) is 56.9. The molecule has 3 atom stereocenters. The van der Waals surface area contributed by atoms with Crippen molar-refractivity contribution in [2.24, 2.45) is 11.3 Å². The number of aromatic nitrogens is 1. The van der Waals surface area contributed by atoms with Crippen LogP contribution >= 0.6 is 11.6 Å². The van der Waals surface area contributed by atoms with E-state index in [0.29, 0.717) is 36.1 Å². The van der Waals surface area contributed by atoms with Gasteiger partial charge in [0.05, 0.1) is 12.8 Å². The Balaban J connectivity index is 1.38. The number of barbiturate groups is 1. The van der Waals surface area contributed by atoms with Gasteiger partial charge < -0.3 is 14.2 Å². The number of methoxy groups -OCH3 is 1. The van der Waals surface area contributed by atoms with Crippen LogP contribution in [0.25, 0.3) is 0 Å². The molecule has 3 aliphatic rings. The van der Waals surface area contributed by atoms with Gasteiger partial charge in [-0.2, -0.15) is 0 Å². The Hall–Kier alpha value is -3.95. The van der Waals surface area contributed by atoms with Gasteiger partial charge in [-0.25, -0.2) is 9.69 Å². The molecule has 4 amide bonds. The zero-order valence-corrected chi connectivity index (χ0v) is 22.8. The van der Waals surface area contributed by atoms with E-state index in [9.17, 15) is 19.2 Å². The Bertz CT molecular complexity index is 1550. The molecule has 0 spiro atoms. The molecule has 1 aromatic heterocycles. The largest absolute Gasteiger partial charge is 0.497 e. The second-order valence-corrected chi connectivity index (χ2v) is 11.3. The third-order valence-electron chi connectivity index (χ3n) is 8.25. The zero-order valence-electron chi connectivity index (χ0n) is 22.0. The number of rotatable bonds is 6. The van der Waals surface area contributed by atoms with E-state index in [2.05, 4.69) is 10.2 Å². The van der Waals surface area contributed by atoms with Crippen molar-refractivity contribution in [2.75, 3.05) is 31.6 Å². The van der Waals surface area contributed by atoms with Crippen molar-refractivity contribution in [1.82, 2.24) is 14.8 Å². The molecule has 4 heterocycles. The number of fused-ring (bicyclic) bond motifs is 4. The second-order valence-electron chi connectivity index (χ2n) is 10.9. The molecule has 0 saturated carbocycles. The van der Waals surface area contributed by atoms with Crippen LogP contribution in [0.3, 0.4) is 0 Å². The first-order valence-electron chi connectivity index (χ1n) is 13.3. The maximum Gasteiger partial charge on any atom is 0.335 e. The van der Waals surface area contributed by atoms with Crippen LogP contribution in [0.1, 0.15) is 23.6 Å². The van der Waals surface area contributed by atoms with Gasteiger partial charge in [0.15, 0.2) is 0 Å². The molecular weight excluding hydrogens is 532 g/mol. The minimum Gasteiger partial charge on any atom is -0.497 e. The molecule has 40 heavy (non-hydrogen) atoms. The number of imide groups is 2. The van der Waals surface area contributed by atoms with Crippen LogP contribution in [0.2, 0.25) is 5.02 Å². The van der Waals surface area contributed by atoms with Gasteiger partial charge in [-0.1, -0.05) is 35.9 Å². The number of anilines is 1. The van der Waals surface area contributed by atoms with Gasteiger partial charge in [0.1, 0.15) is 11.2 Å². The summed E-state index contributed by atoms with van der Waals surface area (Å²) in [7, 11) is 1.57. The molecule has 2 fully saturated rings. The molecule has 3 aliphatic heterocycles. The van der Waals surface area contributed by atoms with Crippen molar-refractivity contribution >= 4 is 35.1 Å². The van der Waals surface area contributed by atoms with Crippen LogP contribution in [0.15, 0.2) is 71.5 Å². The Kier molecular flexibility index (Phi) is 6.72. The number of nitrogens with zero attached hydrogens (tertiary/aromatic N) is 3. The fourth-order valence-corrected chi connectivity index (χ4v) is 6.66. The highest BCUT2D eigenvalue weighted by atomic mass is 35.5. The molecule has 6 rings (SSSR count). The number of carbonyl (C=O) groups is 3. The van der Waals surface area contributed by atoms with Crippen molar-refractivity contribution in [3.05, 3.63) is 93.4 Å². The van der Waals surface area contributed by atoms with Gasteiger partial charge in [-0.05, 0) is 60.7 Å². The topological polar surface area (TPSA) is 101 Å². The second kappa shape index (κ2) is 10.2. The Morgan fingerprint density at radius 1 is 0.975 bits per heavy atom. The van der Waals surface area contributed by atoms with E-state index < -0.39 is 23.3 Å². The summed E-state index contributed by atoms with van der Waals surface area (Å²) < 4.78 is 7.13. The molecule has 2 aromatic carbocycles. The third kappa shape index (κ3) is 4.59. The van der Waals surface area contributed by atoms with E-state index >= 15 is 0 Å². The lowest BCUT2D eigenvalue weighted by Gasteiger charge is -2.47. The molecule has 2 saturated heterocycles. The maximum atomic E-state index is 14.4. The molecule has 0 aliphatic carbocycles. The number of amides is 4. The van der Waals surface area contributed by atoms with Crippen LogP contribution in [0, 0.1) is 11.3 Å². The SMILES string of the molecule is COc1ccc(CC2(CN3C[C@H]4C[C@@H](C3)c3cccc(=O)n3C4)C(=O)NC(=O)N(c3cccc(Cl)c3)C2=O)cc1. The maximum absolute atomic E-state index is 14.4. The standard InChI is InChI=1S/C30H29ClN4O5/c1-40-24-10-8-19(9-11-24)14-30(27(37)32-29(39)35(28(30)38)23-5-2-4-22(31)13-23)18-33-15-20-12-21(17-33)25-6-3-7-26(36)34(25)16-20/h2-11,13,20-21H,12,14-18H2,1H3,(H,32,37,39)/t20-,21+,30?/m1/s1. The third-order valence-corrected chi connectivity index (χ3v) is 8.49. The van der Waals surface area contributed by atoms with E-state index in [1.165, 1.54) is 6.07 Å². The minimum absolute atomic E-state index is 0.00543. The van der Waals surface area contributed by atoms with Gasteiger partial charge in [0.25, 0.3) is 11.5 Å². The summed E-state index contributed by atoms with van der Waals surface area (Å²) in [6.07, 6.45) is 1.03. The lowest BCUT2D eigenvalue weighted by Crippen LogP contribution is -2.68. The van der Waals surface area contributed by atoms with E-state index in [4.69, 9.17) is 16.3 Å². The Labute approximate surface area is 236 Å². The number of halogens is 1. The van der Waals surface area contributed by atoms with Gasteiger partial charge in [-0.15, -0.1) is 0 Å². The number of benzene rings is 2. The first-order valence-corrected chi connectivity index (χ1v) is 13.7. The van der Waals surface area contributed by atoms with Crippen LogP contribution in [-0.2, 0) is 22.6 Å². The average Bonchev–Trinajstić information content (AvgIpc) is 2.93. The quantitative estimate of drug-likeness (QED) is 0.464. The summed E-state index contributed by atoms with van der Waals surface area (Å²) >= 11 is 6.20. The van der Waals surface area contributed by atoms with Crippen molar-refractivity contribution < 1.29 is 19.1 Å². The van der Waals surface area contributed by atoms with Gasteiger partial charge in [-0.3, -0.25) is 19.7 Å². The van der Waals surface area contributed by atoms with Crippen molar-refractivity contribution in [2.45, 2.75) is 25.3 Å². The highest BCUT2D eigenvalue weighted by Gasteiger charge is 2.55. The number of hydrogen-bond acceptors (Lipinski definition) is 6. The summed E-state index contributed by atoms with van der Waals surface area (Å²) in [6.45, 7) is 1.95. The summed E-state index contributed by atoms with van der Waals surface area (Å²) in [6, 6.07) is 18.2. The number of hydrogen-bond donors (Lipinski definition) is 1. The monoisotopic (exact) mass is 560 g/mol. The fourth-order valence-electron chi connectivity index (χ4n) is 6.48. The predicted molar refractivity (Wildman–Crippen MR) is 150 cm³/mol. The van der Waals surface area contributed by atoms with Crippen LogP contribution in [-0.4, -0.2) is 54.1 Å². The van der Waals surface area contributed by atoms with E-state index in [1.54, 1.807) is 49.6 Å². The molecule has 206 valence electrons. The van der Waals surface area contributed by atoms with Crippen LogP contribution in [0.5, 0.6) is 5.75 Å². The number of piperidine rings is 1. The molecule has 9 nitrogen and oxygen atoms in total. The normalized spacial score (nSPS) is 24.4. The lowest BCUT2D eigenvalue weighted by atomic mass is 9.75. The van der Waals surface area contributed by atoms with Gasteiger partial charge in [0, 0.05) is 48.9 Å². The number of ether oxygens (including phenoxy) is 1. The molecule has 0 radical (unpaired) electrons. The van der Waals surface area contributed by atoms with E-state index in [-0.39, 0.29) is 30.4 Å². The summed E-state index contributed by atoms with van der Waals surface area (Å²) in [5, 5.41) is 2.83. The zero-order chi connectivity index (χ0) is 28.0. The highest BCUT2D eigenvalue weighted by molar-refractivity contribution is 6.32. The molecule has 1 N–H and O–H groups in total. The first-order chi connectivity index (χ1) is 19.3. The summed E-state index contributed by atoms with van der Waals surface area (Å²) in [5.41, 5.74) is 0.457. The smallest absolute Gasteiger partial charge is 0.335 e. The Morgan fingerprint density at radius 3 is 2.50 bits per heavy atom. The van der Waals surface area contributed by atoms with E-state index in [0.717, 1.165) is 22.6 Å². The minimum atomic E-state index is -1.58. The molecule has 2 bridgehead atoms. The summed E-state index contributed by atoms with van der Waals surface area (Å²) in [5.74, 6) is -0.245. The molecule has 1 unspecified atom stereocenters. The lowest BCUT2D eigenvalue weighted by molar-refractivity contribution is -0.144. The van der Waals surface area contributed by atoms with Crippen LogP contribution < -0.4 is 20.5 Å². The molecule has 10 heteroatoms.